The van der Waals surface area contributed by atoms with Gasteiger partial charge in [0, 0.05) is 17.6 Å². The molecule has 3 aromatic rings. The first-order valence-corrected chi connectivity index (χ1v) is 12.3. The Labute approximate surface area is 212 Å². The van der Waals surface area contributed by atoms with E-state index in [2.05, 4.69) is 5.32 Å². The van der Waals surface area contributed by atoms with Gasteiger partial charge in [-0.05, 0) is 73.4 Å². The number of halogens is 1. The summed E-state index contributed by atoms with van der Waals surface area (Å²) in [5.74, 6) is -0.0919. The van der Waals surface area contributed by atoms with Gasteiger partial charge in [0.15, 0.2) is 6.10 Å². The molecule has 1 aliphatic rings. The molecule has 1 aliphatic heterocycles. The number of carbonyl (C=O) groups is 2. The van der Waals surface area contributed by atoms with Crippen molar-refractivity contribution in [3.63, 3.8) is 0 Å². The molecule has 0 fully saturated rings. The smallest absolute Gasteiger partial charge is 0.265 e. The van der Waals surface area contributed by atoms with Crippen LogP contribution in [0.25, 0.3) is 0 Å². The van der Waals surface area contributed by atoms with E-state index in [1.807, 2.05) is 81.1 Å². The number of rotatable bonds is 5. The van der Waals surface area contributed by atoms with Crippen molar-refractivity contribution in [3.05, 3.63) is 94.8 Å². The number of aryl methyl sites for hydroxylation is 1. The number of carbonyl (C=O) groups excluding carboxylic acids is 2. The zero-order chi connectivity index (χ0) is 26.0. The average molecular weight is 489 g/mol. The van der Waals surface area contributed by atoms with Gasteiger partial charge in [-0.25, -0.2) is 4.39 Å². The first kappa shape index (κ1) is 25.4. The van der Waals surface area contributed by atoms with Gasteiger partial charge in [0.25, 0.3) is 5.91 Å². The van der Waals surface area contributed by atoms with Gasteiger partial charge in [-0.15, -0.1) is 0 Å². The van der Waals surface area contributed by atoms with Crippen LogP contribution < -0.4 is 10.1 Å². The fraction of sp³-hybridized carbons (Fsp3) is 0.333. The van der Waals surface area contributed by atoms with Crippen LogP contribution in [0.4, 0.5) is 10.1 Å². The summed E-state index contributed by atoms with van der Waals surface area (Å²) in [5.41, 5.74) is 3.89. The molecule has 6 heteroatoms. The molecule has 0 bridgehead atoms. The molecule has 36 heavy (non-hydrogen) atoms. The number of hydrogen-bond acceptors (Lipinski definition) is 3. The van der Waals surface area contributed by atoms with E-state index in [0.717, 1.165) is 16.7 Å². The van der Waals surface area contributed by atoms with Gasteiger partial charge in [-0.2, -0.15) is 0 Å². The van der Waals surface area contributed by atoms with Crippen molar-refractivity contribution < 1.29 is 18.7 Å². The van der Waals surface area contributed by atoms with E-state index in [-0.39, 0.29) is 17.6 Å². The van der Waals surface area contributed by atoms with Crippen LogP contribution in [-0.4, -0.2) is 29.4 Å². The normalized spacial score (nSPS) is 16.2. The van der Waals surface area contributed by atoms with Crippen LogP contribution in [-0.2, 0) is 16.0 Å². The third-order valence-electron chi connectivity index (χ3n) is 6.41. The topological polar surface area (TPSA) is 58.6 Å². The summed E-state index contributed by atoms with van der Waals surface area (Å²) in [6.45, 7) is 9.90. The molecule has 2 amide bonds. The van der Waals surface area contributed by atoms with Crippen LogP contribution in [0.1, 0.15) is 56.0 Å². The molecule has 0 unspecified atom stereocenters. The lowest BCUT2D eigenvalue weighted by Gasteiger charge is -2.41. The van der Waals surface area contributed by atoms with Crippen LogP contribution in [0.3, 0.4) is 0 Å². The zero-order valence-corrected chi connectivity index (χ0v) is 21.5. The lowest BCUT2D eigenvalue weighted by atomic mass is 9.85. The van der Waals surface area contributed by atoms with Gasteiger partial charge >= 0.3 is 0 Å². The van der Waals surface area contributed by atoms with Crippen molar-refractivity contribution >= 4 is 17.5 Å². The molecule has 0 spiro atoms. The number of nitrogens with one attached hydrogen (secondary N) is 1. The molecular weight excluding hydrogens is 455 g/mol. The maximum absolute atomic E-state index is 14.2. The van der Waals surface area contributed by atoms with Gasteiger partial charge in [-0.3, -0.25) is 9.59 Å². The van der Waals surface area contributed by atoms with Crippen LogP contribution in [0.2, 0.25) is 0 Å². The van der Waals surface area contributed by atoms with Crippen LogP contribution >= 0.6 is 0 Å². The van der Waals surface area contributed by atoms with E-state index in [9.17, 15) is 14.0 Å². The number of fused-ring (bicyclic) bond motifs is 1. The molecule has 2 atom stereocenters. The van der Waals surface area contributed by atoms with E-state index >= 15 is 0 Å². The Bertz CT molecular complexity index is 1260. The van der Waals surface area contributed by atoms with E-state index in [1.54, 1.807) is 13.0 Å². The summed E-state index contributed by atoms with van der Waals surface area (Å²) in [6, 6.07) is 19.2. The van der Waals surface area contributed by atoms with Crippen molar-refractivity contribution in [3.8, 4) is 5.75 Å². The highest BCUT2D eigenvalue weighted by atomic mass is 19.1. The van der Waals surface area contributed by atoms with Crippen LogP contribution in [0, 0.1) is 18.2 Å². The van der Waals surface area contributed by atoms with E-state index in [4.69, 9.17) is 4.74 Å². The van der Waals surface area contributed by atoms with Gasteiger partial charge in [0.1, 0.15) is 11.6 Å². The summed E-state index contributed by atoms with van der Waals surface area (Å²) in [7, 11) is 0. The second-order valence-corrected chi connectivity index (χ2v) is 10.4. The number of anilines is 1. The average Bonchev–Trinajstić information content (AvgIpc) is 2.83. The maximum atomic E-state index is 14.2. The molecule has 0 radical (unpaired) electrons. The van der Waals surface area contributed by atoms with Crippen molar-refractivity contribution in [2.45, 2.75) is 53.2 Å². The monoisotopic (exact) mass is 488 g/mol. The predicted octanol–water partition coefficient (Wildman–Crippen LogP) is 6.06. The van der Waals surface area contributed by atoms with Crippen molar-refractivity contribution in [2.24, 2.45) is 5.41 Å². The van der Waals surface area contributed by atoms with E-state index < -0.39 is 17.6 Å². The third-order valence-corrected chi connectivity index (χ3v) is 6.41. The Morgan fingerprint density at radius 2 is 1.78 bits per heavy atom. The Morgan fingerprint density at radius 1 is 1.06 bits per heavy atom. The standard InChI is InChI=1S/C30H33FN2O3/c1-19-9-12-24(13-10-19)32-28(34)20(2)36-25-14-11-21-15-16-33(29(35)30(3,4)5)27(26(21)18-25)22-7-6-8-23(31)17-22/h6-14,17-18,20,27H,15-16H2,1-5H3,(H,32,34)/t20-,27-/m1/s1. The molecule has 1 heterocycles. The predicted molar refractivity (Wildman–Crippen MR) is 139 cm³/mol. The molecule has 3 aromatic carbocycles. The number of nitrogens with zero attached hydrogens (tertiary/aromatic N) is 1. The molecule has 4 rings (SSSR count). The minimum atomic E-state index is -0.743. The molecule has 0 aromatic heterocycles. The van der Waals surface area contributed by atoms with Gasteiger partial charge in [-0.1, -0.05) is 56.7 Å². The molecule has 0 saturated heterocycles. The lowest BCUT2D eigenvalue weighted by Crippen LogP contribution is -2.45. The van der Waals surface area contributed by atoms with Gasteiger partial charge < -0.3 is 15.0 Å². The van der Waals surface area contributed by atoms with Gasteiger partial charge in [0.05, 0.1) is 6.04 Å². The number of benzene rings is 3. The summed E-state index contributed by atoms with van der Waals surface area (Å²) in [4.78, 5) is 28.0. The third kappa shape index (κ3) is 5.59. The molecule has 5 nitrogen and oxygen atoms in total. The minimum absolute atomic E-state index is 0.000392. The number of hydrogen-bond donors (Lipinski definition) is 1. The Kier molecular flexibility index (Phi) is 7.16. The van der Waals surface area contributed by atoms with Gasteiger partial charge in [0.2, 0.25) is 5.91 Å². The second-order valence-electron chi connectivity index (χ2n) is 10.4. The summed E-state index contributed by atoms with van der Waals surface area (Å²) < 4.78 is 20.2. The first-order valence-electron chi connectivity index (χ1n) is 12.3. The van der Waals surface area contributed by atoms with Crippen molar-refractivity contribution in [1.82, 2.24) is 4.90 Å². The highest BCUT2D eigenvalue weighted by molar-refractivity contribution is 5.94. The first-order chi connectivity index (χ1) is 17.0. The van der Waals surface area contributed by atoms with Crippen molar-refractivity contribution in [2.75, 3.05) is 11.9 Å². The maximum Gasteiger partial charge on any atom is 0.265 e. The lowest BCUT2D eigenvalue weighted by molar-refractivity contribution is -0.141. The summed E-state index contributed by atoms with van der Waals surface area (Å²) in [5, 5.41) is 2.87. The SMILES string of the molecule is Cc1ccc(NC(=O)[C@@H](C)Oc2ccc3c(c2)[C@@H](c2cccc(F)c2)N(C(=O)C(C)(C)C)CC3)cc1. The summed E-state index contributed by atoms with van der Waals surface area (Å²) in [6.07, 6.45) is -0.0555. The molecule has 0 aliphatic carbocycles. The fourth-order valence-electron chi connectivity index (χ4n) is 4.49. The number of ether oxygens (including phenoxy) is 1. The summed E-state index contributed by atoms with van der Waals surface area (Å²) >= 11 is 0. The Hall–Kier alpha value is -3.67. The van der Waals surface area contributed by atoms with Crippen LogP contribution in [0.5, 0.6) is 5.75 Å². The molecule has 0 saturated carbocycles. The van der Waals surface area contributed by atoms with E-state index in [0.29, 0.717) is 30.0 Å². The van der Waals surface area contributed by atoms with Crippen molar-refractivity contribution in [1.29, 1.82) is 0 Å². The largest absolute Gasteiger partial charge is 0.481 e. The fourth-order valence-corrected chi connectivity index (χ4v) is 4.49. The molecular formula is C30H33FN2O3. The van der Waals surface area contributed by atoms with E-state index in [1.165, 1.54) is 12.1 Å². The highest BCUT2D eigenvalue weighted by Gasteiger charge is 2.37. The molecule has 188 valence electrons. The minimum Gasteiger partial charge on any atom is -0.481 e. The Balaban J connectivity index is 1.63. The molecule has 1 N–H and O–H groups in total. The number of amides is 2. The zero-order valence-electron chi connectivity index (χ0n) is 21.5. The highest BCUT2D eigenvalue weighted by Crippen LogP contribution is 2.39. The quantitative estimate of drug-likeness (QED) is 0.475. The second kappa shape index (κ2) is 10.1. The van der Waals surface area contributed by atoms with Crippen LogP contribution in [0.15, 0.2) is 66.7 Å². The Morgan fingerprint density at radius 3 is 2.44 bits per heavy atom.